The van der Waals surface area contributed by atoms with E-state index in [2.05, 4.69) is 5.32 Å². The van der Waals surface area contributed by atoms with Crippen LogP contribution in [-0.2, 0) is 18.3 Å². The van der Waals surface area contributed by atoms with Crippen molar-refractivity contribution in [1.82, 2.24) is 9.88 Å². The number of aliphatic carboxylic acids is 1. The number of methoxy groups -OCH3 is 2. The monoisotopic (exact) mass is 382 g/mol. The minimum Gasteiger partial charge on any atom is -0.497 e. The summed E-state index contributed by atoms with van der Waals surface area (Å²) in [5, 5.41) is 12.9. The molecule has 3 rings (SSSR count). The van der Waals surface area contributed by atoms with Crippen LogP contribution in [0.4, 0.5) is 0 Å². The van der Waals surface area contributed by atoms with E-state index in [-0.39, 0.29) is 6.42 Å². The summed E-state index contributed by atoms with van der Waals surface area (Å²) in [7, 11) is 4.84. The predicted molar refractivity (Wildman–Crippen MR) is 105 cm³/mol. The maximum Gasteiger partial charge on any atom is 0.326 e. The number of hydrogen-bond acceptors (Lipinski definition) is 4. The highest BCUT2D eigenvalue weighted by atomic mass is 16.5. The highest BCUT2D eigenvalue weighted by Gasteiger charge is 2.24. The number of carbonyl (C=O) groups excluding carboxylic acids is 1. The third-order valence-electron chi connectivity index (χ3n) is 4.67. The molecule has 3 aromatic rings. The molecule has 0 radical (unpaired) electrons. The third kappa shape index (κ3) is 3.78. The lowest BCUT2D eigenvalue weighted by atomic mass is 10.1. The van der Waals surface area contributed by atoms with Crippen LogP contribution in [0.5, 0.6) is 11.5 Å². The number of aromatic nitrogens is 1. The number of aryl methyl sites for hydroxylation is 1. The topological polar surface area (TPSA) is 89.8 Å². The van der Waals surface area contributed by atoms with Gasteiger partial charge in [0.15, 0.2) is 0 Å². The molecule has 0 saturated heterocycles. The quantitative estimate of drug-likeness (QED) is 0.656. The number of carboxylic acid groups (broad SMARTS) is 1. The fourth-order valence-electron chi connectivity index (χ4n) is 3.16. The van der Waals surface area contributed by atoms with Gasteiger partial charge in [0.2, 0.25) is 0 Å². The van der Waals surface area contributed by atoms with Crippen LogP contribution < -0.4 is 14.8 Å². The first-order chi connectivity index (χ1) is 13.4. The van der Waals surface area contributed by atoms with E-state index in [1.807, 2.05) is 30.3 Å². The van der Waals surface area contributed by atoms with Gasteiger partial charge in [-0.2, -0.15) is 0 Å². The molecule has 0 aliphatic carbocycles. The van der Waals surface area contributed by atoms with Crippen LogP contribution in [0.3, 0.4) is 0 Å². The van der Waals surface area contributed by atoms with Crippen molar-refractivity contribution >= 4 is 22.8 Å². The van der Waals surface area contributed by atoms with Gasteiger partial charge < -0.3 is 24.5 Å². The number of carboxylic acids is 1. The zero-order chi connectivity index (χ0) is 20.3. The van der Waals surface area contributed by atoms with Gasteiger partial charge in [-0.1, -0.05) is 30.3 Å². The average molecular weight is 382 g/mol. The zero-order valence-corrected chi connectivity index (χ0v) is 15.9. The maximum absolute atomic E-state index is 12.8. The van der Waals surface area contributed by atoms with Gasteiger partial charge in [-0.3, -0.25) is 4.79 Å². The SMILES string of the molecule is COc1cc(OC)c2cc(C(=O)NC(Cc3ccccc3)C(=O)O)n(C)c2c1. The smallest absolute Gasteiger partial charge is 0.326 e. The van der Waals surface area contributed by atoms with Crippen LogP contribution in [0.15, 0.2) is 48.5 Å². The molecule has 1 amide bonds. The maximum atomic E-state index is 12.8. The second kappa shape index (κ2) is 8.04. The molecule has 1 aromatic heterocycles. The highest BCUT2D eigenvalue weighted by molar-refractivity contribution is 6.02. The van der Waals surface area contributed by atoms with Crippen molar-refractivity contribution in [3.8, 4) is 11.5 Å². The molecule has 1 unspecified atom stereocenters. The molecule has 0 aliphatic rings. The fraction of sp³-hybridized carbons (Fsp3) is 0.238. The zero-order valence-electron chi connectivity index (χ0n) is 15.9. The summed E-state index contributed by atoms with van der Waals surface area (Å²) in [5.41, 5.74) is 1.91. The van der Waals surface area contributed by atoms with Gasteiger partial charge in [0.25, 0.3) is 5.91 Å². The van der Waals surface area contributed by atoms with Crippen molar-refractivity contribution < 1.29 is 24.2 Å². The molecular formula is C21H22N2O5. The molecule has 2 N–H and O–H groups in total. The van der Waals surface area contributed by atoms with Crippen LogP contribution >= 0.6 is 0 Å². The molecule has 0 spiro atoms. The van der Waals surface area contributed by atoms with E-state index < -0.39 is 17.9 Å². The van der Waals surface area contributed by atoms with Crippen LogP contribution in [0.25, 0.3) is 10.9 Å². The Balaban J connectivity index is 1.91. The van der Waals surface area contributed by atoms with Gasteiger partial charge in [-0.25, -0.2) is 4.79 Å². The van der Waals surface area contributed by atoms with E-state index in [9.17, 15) is 14.7 Å². The number of amides is 1. The Labute approximate surface area is 162 Å². The number of ether oxygens (including phenoxy) is 2. The first-order valence-corrected chi connectivity index (χ1v) is 8.73. The number of nitrogens with zero attached hydrogens (tertiary/aromatic N) is 1. The van der Waals surface area contributed by atoms with Gasteiger partial charge in [-0.05, 0) is 11.6 Å². The van der Waals surface area contributed by atoms with E-state index >= 15 is 0 Å². The third-order valence-corrected chi connectivity index (χ3v) is 4.67. The lowest BCUT2D eigenvalue weighted by Gasteiger charge is -2.15. The van der Waals surface area contributed by atoms with Gasteiger partial charge in [-0.15, -0.1) is 0 Å². The first kappa shape index (κ1) is 19.3. The van der Waals surface area contributed by atoms with Gasteiger partial charge in [0, 0.05) is 31.0 Å². The summed E-state index contributed by atoms with van der Waals surface area (Å²) >= 11 is 0. The van der Waals surface area contributed by atoms with Crippen molar-refractivity contribution in [1.29, 1.82) is 0 Å². The van der Waals surface area contributed by atoms with Crippen LogP contribution in [0, 0.1) is 0 Å². The number of hydrogen-bond donors (Lipinski definition) is 2. The first-order valence-electron chi connectivity index (χ1n) is 8.73. The van der Waals surface area contributed by atoms with Crippen LogP contribution in [-0.4, -0.2) is 41.8 Å². The largest absolute Gasteiger partial charge is 0.497 e. The highest BCUT2D eigenvalue weighted by Crippen LogP contribution is 2.33. The van der Waals surface area contributed by atoms with Gasteiger partial charge >= 0.3 is 5.97 Å². The van der Waals surface area contributed by atoms with E-state index in [4.69, 9.17) is 9.47 Å². The standard InChI is InChI=1S/C21H22N2O5/c1-23-17-10-14(27-2)11-19(28-3)15(17)12-18(23)20(24)22-16(21(25)26)9-13-7-5-4-6-8-13/h4-8,10-12,16H,9H2,1-3H3,(H,22,24)(H,25,26). The molecule has 7 nitrogen and oxygen atoms in total. The summed E-state index contributed by atoms with van der Waals surface area (Å²) in [5.74, 6) is -0.383. The second-order valence-electron chi connectivity index (χ2n) is 6.41. The van der Waals surface area contributed by atoms with Crippen LogP contribution in [0.1, 0.15) is 16.1 Å². The number of rotatable bonds is 7. The van der Waals surface area contributed by atoms with E-state index in [0.29, 0.717) is 17.2 Å². The van der Waals surface area contributed by atoms with E-state index in [1.54, 1.807) is 44.0 Å². The Hall–Kier alpha value is -3.48. The van der Waals surface area contributed by atoms with Crippen molar-refractivity contribution in [3.63, 3.8) is 0 Å². The molecule has 1 heterocycles. The average Bonchev–Trinajstić information content (AvgIpc) is 3.04. The fourth-order valence-corrected chi connectivity index (χ4v) is 3.16. The molecule has 7 heteroatoms. The summed E-state index contributed by atoms with van der Waals surface area (Å²) in [6, 6.07) is 13.4. The summed E-state index contributed by atoms with van der Waals surface area (Å²) in [6.45, 7) is 0. The lowest BCUT2D eigenvalue weighted by molar-refractivity contribution is -0.139. The minimum absolute atomic E-state index is 0.197. The Kier molecular flexibility index (Phi) is 5.54. The van der Waals surface area contributed by atoms with Crippen LogP contribution in [0.2, 0.25) is 0 Å². The molecular weight excluding hydrogens is 360 g/mol. The van der Waals surface area contributed by atoms with Crippen molar-refractivity contribution in [2.75, 3.05) is 14.2 Å². The number of carbonyl (C=O) groups is 2. The molecule has 2 aromatic carbocycles. The van der Waals surface area contributed by atoms with Crippen molar-refractivity contribution in [3.05, 3.63) is 59.8 Å². The Morgan fingerprint density at radius 3 is 2.43 bits per heavy atom. The normalized spacial score (nSPS) is 11.8. The lowest BCUT2D eigenvalue weighted by Crippen LogP contribution is -2.42. The van der Waals surface area contributed by atoms with Crippen molar-refractivity contribution in [2.24, 2.45) is 7.05 Å². The van der Waals surface area contributed by atoms with Gasteiger partial charge in [0.05, 0.1) is 19.7 Å². The summed E-state index contributed by atoms with van der Waals surface area (Å²) < 4.78 is 12.4. The van der Waals surface area contributed by atoms with E-state index in [0.717, 1.165) is 16.5 Å². The predicted octanol–water partition coefficient (Wildman–Crippen LogP) is 2.62. The molecule has 0 aliphatic heterocycles. The summed E-state index contributed by atoms with van der Waals surface area (Å²) in [4.78, 5) is 24.5. The van der Waals surface area contributed by atoms with E-state index in [1.165, 1.54) is 0 Å². The minimum atomic E-state index is -1.09. The number of benzene rings is 2. The molecule has 0 saturated carbocycles. The molecule has 0 bridgehead atoms. The van der Waals surface area contributed by atoms with Gasteiger partial charge in [0.1, 0.15) is 23.2 Å². The second-order valence-corrected chi connectivity index (χ2v) is 6.41. The Bertz CT molecular complexity index is 1010. The van der Waals surface area contributed by atoms with Crippen molar-refractivity contribution in [2.45, 2.75) is 12.5 Å². The Morgan fingerprint density at radius 2 is 1.82 bits per heavy atom. The number of fused-ring (bicyclic) bond motifs is 1. The molecule has 0 fully saturated rings. The molecule has 146 valence electrons. The Morgan fingerprint density at radius 1 is 1.11 bits per heavy atom. The molecule has 28 heavy (non-hydrogen) atoms. The number of nitrogens with one attached hydrogen (secondary N) is 1. The molecule has 1 atom stereocenters. The summed E-state index contributed by atoms with van der Waals surface area (Å²) in [6.07, 6.45) is 0.197.